The zero-order chi connectivity index (χ0) is 37.4. The van der Waals surface area contributed by atoms with Gasteiger partial charge in [0, 0.05) is 12.6 Å². The van der Waals surface area contributed by atoms with E-state index in [1.165, 1.54) is 103 Å². The Morgan fingerprint density at radius 3 is 1.25 bits per heavy atom. The van der Waals surface area contributed by atoms with Gasteiger partial charge in [-0.15, -0.1) is 0 Å². The number of aliphatic hydroxyl groups is 1. The van der Waals surface area contributed by atoms with Crippen molar-refractivity contribution in [2.24, 2.45) is 23.7 Å². The van der Waals surface area contributed by atoms with Gasteiger partial charge in [0.2, 0.25) is 0 Å². The summed E-state index contributed by atoms with van der Waals surface area (Å²) >= 11 is 0. The Kier molecular flexibility index (Phi) is 31.4. The lowest BCUT2D eigenvalue weighted by molar-refractivity contribution is -0.152. The first kappa shape index (κ1) is 47.9. The lowest BCUT2D eigenvalue weighted by atomic mass is 9.78. The normalized spacial score (nSPS) is 18.9. The van der Waals surface area contributed by atoms with Gasteiger partial charge in [-0.25, -0.2) is 0 Å². The number of nitrogens with zero attached hydrogens (tertiary/aromatic N) is 1. The third kappa shape index (κ3) is 24.7. The third-order valence-corrected chi connectivity index (χ3v) is 11.6. The van der Waals surface area contributed by atoms with E-state index in [0.29, 0.717) is 19.3 Å². The molecule has 51 heavy (non-hydrogen) atoms. The predicted molar refractivity (Wildman–Crippen MR) is 216 cm³/mol. The molecule has 0 aliphatic heterocycles. The number of hydrogen-bond acceptors (Lipinski definition) is 6. The van der Waals surface area contributed by atoms with Gasteiger partial charge in [0.1, 0.15) is 0 Å². The Labute approximate surface area is 317 Å². The summed E-state index contributed by atoms with van der Waals surface area (Å²) in [6, 6.07) is 0.366. The van der Waals surface area contributed by atoms with Gasteiger partial charge in [0.25, 0.3) is 0 Å². The van der Waals surface area contributed by atoms with Crippen molar-refractivity contribution in [2.75, 3.05) is 33.4 Å². The molecule has 1 aliphatic carbocycles. The predicted octanol–water partition coefficient (Wildman–Crippen LogP) is 12.2. The Bertz CT molecular complexity index is 749. The largest absolute Gasteiger partial charge is 0.465 e. The van der Waals surface area contributed by atoms with Crippen LogP contribution in [0.5, 0.6) is 0 Å². The van der Waals surface area contributed by atoms with Gasteiger partial charge < -0.3 is 19.5 Å². The second kappa shape index (κ2) is 33.4. The molecule has 0 saturated heterocycles. The van der Waals surface area contributed by atoms with E-state index in [2.05, 4.69) is 39.6 Å². The van der Waals surface area contributed by atoms with E-state index in [4.69, 9.17) is 9.47 Å². The Morgan fingerprint density at radius 1 is 0.529 bits per heavy atom. The molecule has 1 aliphatic rings. The molecule has 0 heterocycles. The Hall–Kier alpha value is -1.14. The molecule has 0 amide bonds. The fourth-order valence-electron chi connectivity index (χ4n) is 8.19. The van der Waals surface area contributed by atoms with Crippen LogP contribution in [0.2, 0.25) is 0 Å². The molecule has 6 nitrogen and oxygen atoms in total. The number of carbonyl (C=O) groups is 2. The summed E-state index contributed by atoms with van der Waals surface area (Å²) in [6.45, 7) is 11.1. The van der Waals surface area contributed by atoms with Crippen molar-refractivity contribution in [3.8, 4) is 0 Å². The summed E-state index contributed by atoms with van der Waals surface area (Å²) in [7, 11) is 2.19. The molecule has 1 rings (SSSR count). The van der Waals surface area contributed by atoms with E-state index in [9.17, 15) is 14.7 Å². The van der Waals surface area contributed by atoms with Crippen molar-refractivity contribution in [3.63, 3.8) is 0 Å². The SMILES string of the molecule is CCCCCCCCC(CCCCCC)C(=O)OC[C@@H]1CC(N(C)CCCCO)C[C@H](COC(=O)C(CCCCCC)CCCCCCCC)C1. The highest BCUT2D eigenvalue weighted by atomic mass is 16.5. The van der Waals surface area contributed by atoms with Crippen LogP contribution >= 0.6 is 0 Å². The van der Waals surface area contributed by atoms with Crippen molar-refractivity contribution in [1.82, 2.24) is 4.90 Å². The molecule has 302 valence electrons. The molecule has 3 unspecified atom stereocenters. The van der Waals surface area contributed by atoms with E-state index in [0.717, 1.165) is 90.0 Å². The standard InChI is InChI=1S/C45H87NO5/c1-6-10-14-18-20-24-30-41(28-22-16-12-8-3)44(48)50-37-39-34-40(36-43(35-39)46(5)32-26-27-33-47)38-51-45(49)42(29-23-17-13-9-4)31-25-21-19-15-11-7-2/h39-43,47H,6-38H2,1-5H3/t39-,40+,41?,42?,43?. The quantitative estimate of drug-likeness (QED) is 0.0519. The van der Waals surface area contributed by atoms with Crippen molar-refractivity contribution >= 4 is 11.9 Å². The van der Waals surface area contributed by atoms with Crippen LogP contribution in [0.3, 0.4) is 0 Å². The molecule has 0 radical (unpaired) electrons. The van der Waals surface area contributed by atoms with Gasteiger partial charge in [-0.3, -0.25) is 9.59 Å². The number of rotatable bonds is 35. The van der Waals surface area contributed by atoms with Crippen molar-refractivity contribution < 1.29 is 24.2 Å². The first-order valence-electron chi connectivity index (χ1n) is 22.5. The molecule has 1 fully saturated rings. The summed E-state index contributed by atoms with van der Waals surface area (Å²) in [4.78, 5) is 29.5. The number of aliphatic hydroxyl groups excluding tert-OH is 1. The molecular formula is C45H87NO5. The molecule has 6 heteroatoms. The average molecular weight is 722 g/mol. The van der Waals surface area contributed by atoms with Crippen LogP contribution in [0.25, 0.3) is 0 Å². The van der Waals surface area contributed by atoms with Crippen LogP contribution in [0, 0.1) is 23.7 Å². The number of hydrogen-bond donors (Lipinski definition) is 1. The second-order valence-corrected chi connectivity index (χ2v) is 16.5. The van der Waals surface area contributed by atoms with Gasteiger partial charge in [-0.1, -0.05) is 156 Å². The monoisotopic (exact) mass is 722 g/mol. The van der Waals surface area contributed by atoms with Crippen LogP contribution < -0.4 is 0 Å². The zero-order valence-electron chi connectivity index (χ0n) is 34.7. The molecule has 0 aromatic rings. The fourth-order valence-corrected chi connectivity index (χ4v) is 8.19. The van der Waals surface area contributed by atoms with Gasteiger partial charge in [-0.05, 0) is 83.2 Å². The summed E-state index contributed by atoms with van der Waals surface area (Å²) in [5.41, 5.74) is 0. The van der Waals surface area contributed by atoms with E-state index in [1.54, 1.807) is 0 Å². The molecule has 0 spiro atoms. The molecule has 0 aromatic carbocycles. The van der Waals surface area contributed by atoms with E-state index < -0.39 is 0 Å². The summed E-state index contributed by atoms with van der Waals surface area (Å²) < 4.78 is 12.4. The van der Waals surface area contributed by atoms with Crippen LogP contribution in [0.1, 0.15) is 214 Å². The van der Waals surface area contributed by atoms with Crippen molar-refractivity contribution in [3.05, 3.63) is 0 Å². The van der Waals surface area contributed by atoms with Crippen molar-refractivity contribution in [1.29, 1.82) is 0 Å². The maximum atomic E-state index is 13.5. The van der Waals surface area contributed by atoms with Gasteiger partial charge in [0.15, 0.2) is 0 Å². The number of ether oxygens (including phenoxy) is 2. The smallest absolute Gasteiger partial charge is 0.308 e. The summed E-state index contributed by atoms with van der Waals surface area (Å²) in [6.07, 6.45) is 33.0. The van der Waals surface area contributed by atoms with Gasteiger partial charge in [0.05, 0.1) is 25.0 Å². The van der Waals surface area contributed by atoms with Crippen LogP contribution in [-0.4, -0.2) is 61.4 Å². The number of esters is 2. The average Bonchev–Trinajstić information content (AvgIpc) is 3.14. The topological polar surface area (TPSA) is 76.1 Å². The third-order valence-electron chi connectivity index (χ3n) is 11.6. The van der Waals surface area contributed by atoms with E-state index in [1.807, 2.05) is 0 Å². The Morgan fingerprint density at radius 2 is 0.882 bits per heavy atom. The lowest BCUT2D eigenvalue weighted by Crippen LogP contribution is -2.42. The Balaban J connectivity index is 2.85. The minimum absolute atomic E-state index is 0.0158. The molecule has 5 atom stereocenters. The van der Waals surface area contributed by atoms with Crippen LogP contribution in [-0.2, 0) is 19.1 Å². The highest BCUT2D eigenvalue weighted by Crippen LogP contribution is 2.34. The fraction of sp³-hybridized carbons (Fsp3) is 0.956. The summed E-state index contributed by atoms with van der Waals surface area (Å²) in [5, 5.41) is 9.36. The zero-order valence-corrected chi connectivity index (χ0v) is 34.7. The number of carbonyl (C=O) groups excluding carboxylic acids is 2. The van der Waals surface area contributed by atoms with E-state index >= 15 is 0 Å². The molecule has 0 aromatic heterocycles. The maximum Gasteiger partial charge on any atom is 0.308 e. The second-order valence-electron chi connectivity index (χ2n) is 16.5. The molecule has 1 saturated carbocycles. The number of unbranched alkanes of at least 4 members (excludes halogenated alkanes) is 17. The maximum absolute atomic E-state index is 13.5. The minimum atomic E-state index is 0.0158. The first-order chi connectivity index (χ1) is 24.9. The van der Waals surface area contributed by atoms with Gasteiger partial charge >= 0.3 is 11.9 Å². The lowest BCUT2D eigenvalue weighted by Gasteiger charge is -2.39. The van der Waals surface area contributed by atoms with Gasteiger partial charge in [-0.2, -0.15) is 0 Å². The van der Waals surface area contributed by atoms with Crippen LogP contribution in [0.4, 0.5) is 0 Å². The molecule has 1 N–H and O–H groups in total. The minimum Gasteiger partial charge on any atom is -0.465 e. The highest BCUT2D eigenvalue weighted by Gasteiger charge is 2.33. The first-order valence-corrected chi connectivity index (χ1v) is 22.5. The highest BCUT2D eigenvalue weighted by molar-refractivity contribution is 5.72. The van der Waals surface area contributed by atoms with Crippen LogP contribution in [0.15, 0.2) is 0 Å². The molecule has 0 bridgehead atoms. The molecular weight excluding hydrogens is 634 g/mol. The van der Waals surface area contributed by atoms with E-state index in [-0.39, 0.29) is 42.2 Å². The van der Waals surface area contributed by atoms with Crippen molar-refractivity contribution in [2.45, 2.75) is 220 Å². The summed E-state index contributed by atoms with van der Waals surface area (Å²) in [5.74, 6) is 0.625.